The minimum absolute atomic E-state index is 0.0366. The van der Waals surface area contributed by atoms with Gasteiger partial charge >= 0.3 is 0 Å². The molecule has 1 amide bonds. The zero-order valence-corrected chi connectivity index (χ0v) is 15.4. The number of halogens is 1. The van der Waals surface area contributed by atoms with E-state index in [1.54, 1.807) is 25.1 Å². The van der Waals surface area contributed by atoms with E-state index < -0.39 is 15.9 Å². The highest BCUT2D eigenvalue weighted by Gasteiger charge is 2.21. The molecule has 0 atom stereocenters. The molecule has 0 bridgehead atoms. The van der Waals surface area contributed by atoms with Crippen LogP contribution in [0.15, 0.2) is 47.4 Å². The second kappa shape index (κ2) is 8.33. The van der Waals surface area contributed by atoms with Crippen LogP contribution in [-0.2, 0) is 14.8 Å². The minimum atomic E-state index is -3.93. The Kier molecular flexibility index (Phi) is 6.41. The summed E-state index contributed by atoms with van der Waals surface area (Å²) in [5.74, 6) is -0.402. The van der Waals surface area contributed by atoms with Gasteiger partial charge in [-0.15, -0.1) is 0 Å². The fraction of sp³-hybridized carbons (Fsp3) is 0.235. The molecule has 2 rings (SSSR count). The number of para-hydroxylation sites is 1. The molecule has 2 aromatic rings. The van der Waals surface area contributed by atoms with Crippen LogP contribution in [0.5, 0.6) is 0 Å². The summed E-state index contributed by atoms with van der Waals surface area (Å²) >= 11 is 6.05. The molecule has 0 aromatic heterocycles. The zero-order chi connectivity index (χ0) is 18.4. The number of carbonyl (C=O) groups excluding carboxylic acids is 1. The molecule has 0 aliphatic carbocycles. The van der Waals surface area contributed by atoms with Gasteiger partial charge in [0.15, 0.2) is 0 Å². The largest absolute Gasteiger partial charge is 0.383 e. The maximum atomic E-state index is 12.7. The van der Waals surface area contributed by atoms with E-state index in [-0.39, 0.29) is 15.5 Å². The Labute approximate surface area is 152 Å². The van der Waals surface area contributed by atoms with Gasteiger partial charge in [-0.1, -0.05) is 29.8 Å². The standard InChI is InChI=1S/C17H19ClN2O4S/c1-12-5-3-4-6-15(12)20-25(22,23)16-11-13(7-8-14(16)18)17(21)19-9-10-24-2/h3-8,11,20H,9-10H2,1-2H3,(H,19,21). The first-order valence-electron chi connectivity index (χ1n) is 7.50. The second-order valence-electron chi connectivity index (χ2n) is 5.31. The first kappa shape index (κ1) is 19.2. The summed E-state index contributed by atoms with van der Waals surface area (Å²) in [4.78, 5) is 11.9. The van der Waals surface area contributed by atoms with E-state index in [1.165, 1.54) is 25.3 Å². The number of rotatable bonds is 7. The van der Waals surface area contributed by atoms with Gasteiger partial charge in [0.2, 0.25) is 0 Å². The third kappa shape index (κ3) is 4.94. The molecule has 25 heavy (non-hydrogen) atoms. The summed E-state index contributed by atoms with van der Waals surface area (Å²) in [6, 6.07) is 11.1. The maximum Gasteiger partial charge on any atom is 0.263 e. The molecule has 2 aromatic carbocycles. The van der Waals surface area contributed by atoms with Crippen molar-refractivity contribution in [3.05, 3.63) is 58.6 Å². The maximum absolute atomic E-state index is 12.7. The Hall–Kier alpha value is -2.09. The highest BCUT2D eigenvalue weighted by Crippen LogP contribution is 2.26. The lowest BCUT2D eigenvalue weighted by Crippen LogP contribution is -2.27. The highest BCUT2D eigenvalue weighted by molar-refractivity contribution is 7.92. The Morgan fingerprint density at radius 1 is 1.20 bits per heavy atom. The van der Waals surface area contributed by atoms with Crippen LogP contribution in [0.3, 0.4) is 0 Å². The van der Waals surface area contributed by atoms with Crippen LogP contribution in [0.1, 0.15) is 15.9 Å². The summed E-state index contributed by atoms with van der Waals surface area (Å²) in [5, 5.41) is 2.67. The second-order valence-corrected chi connectivity index (χ2v) is 7.37. The number of nitrogens with one attached hydrogen (secondary N) is 2. The van der Waals surface area contributed by atoms with Crippen molar-refractivity contribution in [1.82, 2.24) is 5.32 Å². The number of hydrogen-bond acceptors (Lipinski definition) is 4. The highest BCUT2D eigenvalue weighted by atomic mass is 35.5. The minimum Gasteiger partial charge on any atom is -0.383 e. The van der Waals surface area contributed by atoms with E-state index in [9.17, 15) is 13.2 Å². The zero-order valence-electron chi connectivity index (χ0n) is 13.9. The van der Waals surface area contributed by atoms with Gasteiger partial charge in [-0.25, -0.2) is 8.42 Å². The molecule has 0 saturated heterocycles. The van der Waals surface area contributed by atoms with Gasteiger partial charge in [-0.3, -0.25) is 9.52 Å². The van der Waals surface area contributed by atoms with E-state index in [0.29, 0.717) is 18.8 Å². The van der Waals surface area contributed by atoms with E-state index in [1.807, 2.05) is 6.07 Å². The van der Waals surface area contributed by atoms with Crippen molar-refractivity contribution in [2.75, 3.05) is 25.0 Å². The molecule has 2 N–H and O–H groups in total. The lowest BCUT2D eigenvalue weighted by Gasteiger charge is -2.13. The number of anilines is 1. The third-order valence-electron chi connectivity index (χ3n) is 3.46. The summed E-state index contributed by atoms with van der Waals surface area (Å²) in [6.07, 6.45) is 0. The van der Waals surface area contributed by atoms with Crippen LogP contribution in [0.2, 0.25) is 5.02 Å². The number of ether oxygens (including phenoxy) is 1. The van der Waals surface area contributed by atoms with Crippen LogP contribution in [0.4, 0.5) is 5.69 Å². The Morgan fingerprint density at radius 3 is 2.60 bits per heavy atom. The lowest BCUT2D eigenvalue weighted by molar-refractivity contribution is 0.0937. The van der Waals surface area contributed by atoms with E-state index in [2.05, 4.69) is 10.0 Å². The molecule has 0 heterocycles. The van der Waals surface area contributed by atoms with Crippen LogP contribution in [-0.4, -0.2) is 34.6 Å². The monoisotopic (exact) mass is 382 g/mol. The van der Waals surface area contributed by atoms with Gasteiger partial charge in [-0.05, 0) is 36.8 Å². The van der Waals surface area contributed by atoms with Crippen molar-refractivity contribution in [2.45, 2.75) is 11.8 Å². The molecule has 0 spiro atoms. The Bertz CT molecular complexity index is 869. The molecule has 134 valence electrons. The predicted octanol–water partition coefficient (Wildman–Crippen LogP) is 2.83. The average molecular weight is 383 g/mol. The number of sulfonamides is 1. The van der Waals surface area contributed by atoms with Gasteiger partial charge < -0.3 is 10.1 Å². The number of aryl methyl sites for hydroxylation is 1. The molecule has 8 heteroatoms. The number of carbonyl (C=O) groups is 1. The van der Waals surface area contributed by atoms with Crippen molar-refractivity contribution in [3.8, 4) is 0 Å². The van der Waals surface area contributed by atoms with Gasteiger partial charge in [-0.2, -0.15) is 0 Å². The van der Waals surface area contributed by atoms with Gasteiger partial charge in [0.05, 0.1) is 17.3 Å². The average Bonchev–Trinajstić information content (AvgIpc) is 2.57. The van der Waals surface area contributed by atoms with Gasteiger partial charge in [0, 0.05) is 19.2 Å². The van der Waals surface area contributed by atoms with Crippen LogP contribution in [0.25, 0.3) is 0 Å². The van der Waals surface area contributed by atoms with Crippen molar-refractivity contribution >= 4 is 33.2 Å². The molecule has 0 radical (unpaired) electrons. The molecule has 0 unspecified atom stereocenters. The summed E-state index contributed by atoms with van der Waals surface area (Å²) in [6.45, 7) is 2.47. The molecule has 0 aliphatic rings. The normalized spacial score (nSPS) is 11.2. The van der Waals surface area contributed by atoms with E-state index >= 15 is 0 Å². The summed E-state index contributed by atoms with van der Waals surface area (Å²) in [7, 11) is -2.41. The third-order valence-corrected chi connectivity index (χ3v) is 5.31. The Balaban J connectivity index is 2.29. The fourth-order valence-corrected chi connectivity index (χ4v) is 3.76. The quantitative estimate of drug-likeness (QED) is 0.721. The van der Waals surface area contributed by atoms with E-state index in [0.717, 1.165) is 5.56 Å². The van der Waals surface area contributed by atoms with E-state index in [4.69, 9.17) is 16.3 Å². The van der Waals surface area contributed by atoms with Crippen LogP contribution < -0.4 is 10.0 Å². The number of benzene rings is 2. The van der Waals surface area contributed by atoms with Crippen molar-refractivity contribution in [3.63, 3.8) is 0 Å². The summed E-state index contributed by atoms with van der Waals surface area (Å²) < 4.78 is 32.7. The number of methoxy groups -OCH3 is 1. The first-order valence-corrected chi connectivity index (χ1v) is 9.36. The molecular formula is C17H19ClN2O4S. The molecule has 0 saturated carbocycles. The molecule has 0 aliphatic heterocycles. The van der Waals surface area contributed by atoms with Gasteiger partial charge in [0.25, 0.3) is 15.9 Å². The lowest BCUT2D eigenvalue weighted by atomic mass is 10.2. The SMILES string of the molecule is COCCNC(=O)c1ccc(Cl)c(S(=O)(=O)Nc2ccccc2C)c1. The fourth-order valence-electron chi connectivity index (χ4n) is 2.11. The number of amides is 1. The smallest absolute Gasteiger partial charge is 0.263 e. The predicted molar refractivity (Wildman–Crippen MR) is 97.6 cm³/mol. The molecular weight excluding hydrogens is 364 g/mol. The first-order chi connectivity index (χ1) is 11.8. The number of hydrogen-bond donors (Lipinski definition) is 2. The van der Waals surface area contributed by atoms with Crippen molar-refractivity contribution in [2.24, 2.45) is 0 Å². The molecule has 0 fully saturated rings. The molecule has 6 nitrogen and oxygen atoms in total. The summed E-state index contributed by atoms with van der Waals surface area (Å²) in [5.41, 5.74) is 1.43. The van der Waals surface area contributed by atoms with Gasteiger partial charge in [0.1, 0.15) is 4.90 Å². The van der Waals surface area contributed by atoms with Crippen molar-refractivity contribution < 1.29 is 17.9 Å². The van der Waals surface area contributed by atoms with Crippen molar-refractivity contribution in [1.29, 1.82) is 0 Å². The topological polar surface area (TPSA) is 84.5 Å². The van der Waals surface area contributed by atoms with Crippen LogP contribution in [0, 0.1) is 6.92 Å². The van der Waals surface area contributed by atoms with Crippen LogP contribution >= 0.6 is 11.6 Å². The Morgan fingerprint density at radius 2 is 1.92 bits per heavy atom.